The predicted octanol–water partition coefficient (Wildman–Crippen LogP) is 1.40. The van der Waals surface area contributed by atoms with Crippen molar-refractivity contribution in [2.45, 2.75) is 6.92 Å². The summed E-state index contributed by atoms with van der Waals surface area (Å²) in [5.41, 5.74) is 0.765. The zero-order valence-electron chi connectivity index (χ0n) is 8.20. The van der Waals surface area contributed by atoms with Crippen molar-refractivity contribution >= 4 is 23.0 Å². The SMILES string of the molecule is CCNC(=S)Nc1cccnc1OC. The lowest BCUT2D eigenvalue weighted by Gasteiger charge is -2.10. The maximum absolute atomic E-state index is 5.06. The third-order valence-corrected chi connectivity index (χ3v) is 1.80. The van der Waals surface area contributed by atoms with Crippen LogP contribution in [0, 0.1) is 0 Å². The van der Waals surface area contributed by atoms with Crippen molar-refractivity contribution in [3.05, 3.63) is 18.3 Å². The van der Waals surface area contributed by atoms with Gasteiger partial charge in [0.15, 0.2) is 5.11 Å². The van der Waals surface area contributed by atoms with Gasteiger partial charge in [-0.25, -0.2) is 4.98 Å². The van der Waals surface area contributed by atoms with Gasteiger partial charge in [0.25, 0.3) is 0 Å². The summed E-state index contributed by atoms with van der Waals surface area (Å²) in [5.74, 6) is 0.535. The number of hydrogen-bond donors (Lipinski definition) is 2. The summed E-state index contributed by atoms with van der Waals surface area (Å²) >= 11 is 5.04. The van der Waals surface area contributed by atoms with Crippen LogP contribution in [0.25, 0.3) is 0 Å². The molecule has 1 aromatic heterocycles. The van der Waals surface area contributed by atoms with Gasteiger partial charge in [0.2, 0.25) is 5.88 Å². The molecule has 0 aliphatic rings. The molecule has 0 saturated heterocycles. The second-order valence-corrected chi connectivity index (χ2v) is 2.95. The number of methoxy groups -OCH3 is 1. The summed E-state index contributed by atoms with van der Waals surface area (Å²) in [4.78, 5) is 4.04. The molecule has 1 rings (SSSR count). The molecule has 0 fully saturated rings. The molecule has 2 N–H and O–H groups in total. The van der Waals surface area contributed by atoms with Crippen LogP contribution in [0.3, 0.4) is 0 Å². The van der Waals surface area contributed by atoms with Gasteiger partial charge in [-0.05, 0) is 31.3 Å². The first kappa shape index (κ1) is 10.7. The highest BCUT2D eigenvalue weighted by Crippen LogP contribution is 2.19. The van der Waals surface area contributed by atoms with E-state index in [0.29, 0.717) is 11.0 Å². The number of ether oxygens (including phenoxy) is 1. The van der Waals surface area contributed by atoms with Crippen molar-refractivity contribution in [1.82, 2.24) is 10.3 Å². The Balaban J connectivity index is 2.70. The highest BCUT2D eigenvalue weighted by Gasteiger charge is 2.03. The van der Waals surface area contributed by atoms with E-state index in [1.807, 2.05) is 19.1 Å². The molecule has 1 aromatic rings. The van der Waals surface area contributed by atoms with Crippen LogP contribution < -0.4 is 15.4 Å². The van der Waals surface area contributed by atoms with Crippen LogP contribution in [-0.2, 0) is 0 Å². The molecule has 0 aromatic carbocycles. The van der Waals surface area contributed by atoms with Crippen LogP contribution in [0.4, 0.5) is 5.69 Å². The van der Waals surface area contributed by atoms with Crippen LogP contribution in [-0.4, -0.2) is 23.8 Å². The Bertz CT molecular complexity index is 317. The lowest BCUT2D eigenvalue weighted by molar-refractivity contribution is 0.400. The number of thiocarbonyl (C=S) groups is 1. The smallest absolute Gasteiger partial charge is 0.237 e. The fraction of sp³-hybridized carbons (Fsp3) is 0.333. The average molecular weight is 211 g/mol. The number of nitrogens with one attached hydrogen (secondary N) is 2. The minimum Gasteiger partial charge on any atom is -0.480 e. The molecule has 0 spiro atoms. The van der Waals surface area contributed by atoms with Gasteiger partial charge < -0.3 is 15.4 Å². The molecule has 0 aliphatic carbocycles. The summed E-state index contributed by atoms with van der Waals surface area (Å²) in [6, 6.07) is 3.68. The van der Waals surface area contributed by atoms with Crippen molar-refractivity contribution in [3.63, 3.8) is 0 Å². The topological polar surface area (TPSA) is 46.2 Å². The number of pyridine rings is 1. The third kappa shape index (κ3) is 2.85. The van der Waals surface area contributed by atoms with E-state index in [-0.39, 0.29) is 0 Å². The molecule has 0 radical (unpaired) electrons. The summed E-state index contributed by atoms with van der Waals surface area (Å²) in [5, 5.41) is 6.55. The average Bonchev–Trinajstić information content (AvgIpc) is 2.19. The van der Waals surface area contributed by atoms with Gasteiger partial charge in [-0.1, -0.05) is 0 Å². The molecule has 0 aliphatic heterocycles. The van der Waals surface area contributed by atoms with Crippen molar-refractivity contribution in [3.8, 4) is 5.88 Å². The molecule has 0 saturated carbocycles. The Morgan fingerprint density at radius 3 is 3.07 bits per heavy atom. The fourth-order valence-electron chi connectivity index (χ4n) is 0.976. The van der Waals surface area contributed by atoms with E-state index >= 15 is 0 Å². The van der Waals surface area contributed by atoms with Gasteiger partial charge in [-0.3, -0.25) is 0 Å². The molecule has 4 nitrogen and oxygen atoms in total. The molecule has 14 heavy (non-hydrogen) atoms. The van der Waals surface area contributed by atoms with E-state index in [9.17, 15) is 0 Å². The highest BCUT2D eigenvalue weighted by atomic mass is 32.1. The summed E-state index contributed by atoms with van der Waals surface area (Å²) in [6.45, 7) is 2.77. The van der Waals surface area contributed by atoms with E-state index in [1.165, 1.54) is 0 Å². The van der Waals surface area contributed by atoms with Crippen molar-refractivity contribution in [2.75, 3.05) is 19.0 Å². The summed E-state index contributed by atoms with van der Waals surface area (Å²) < 4.78 is 5.06. The van der Waals surface area contributed by atoms with Crippen LogP contribution in [0.1, 0.15) is 6.92 Å². The first-order chi connectivity index (χ1) is 6.77. The van der Waals surface area contributed by atoms with Crippen molar-refractivity contribution in [1.29, 1.82) is 0 Å². The van der Waals surface area contributed by atoms with E-state index in [0.717, 1.165) is 12.2 Å². The van der Waals surface area contributed by atoms with Crippen molar-refractivity contribution < 1.29 is 4.74 Å². The largest absolute Gasteiger partial charge is 0.480 e. The van der Waals surface area contributed by atoms with E-state index in [2.05, 4.69) is 15.6 Å². The van der Waals surface area contributed by atoms with Gasteiger partial charge >= 0.3 is 0 Å². The highest BCUT2D eigenvalue weighted by molar-refractivity contribution is 7.80. The van der Waals surface area contributed by atoms with E-state index in [1.54, 1.807) is 13.3 Å². The van der Waals surface area contributed by atoms with Crippen molar-refractivity contribution in [2.24, 2.45) is 0 Å². The monoisotopic (exact) mass is 211 g/mol. The van der Waals surface area contributed by atoms with E-state index in [4.69, 9.17) is 17.0 Å². The minimum absolute atomic E-state index is 0.535. The van der Waals surface area contributed by atoms with Gasteiger partial charge in [-0.2, -0.15) is 0 Å². The normalized spacial score (nSPS) is 9.29. The van der Waals surface area contributed by atoms with Crippen LogP contribution in [0.15, 0.2) is 18.3 Å². The standard InChI is InChI=1S/C9H13N3OS/c1-3-10-9(14)12-7-5-4-6-11-8(7)13-2/h4-6H,3H2,1-2H3,(H2,10,12,14). The number of rotatable bonds is 3. The quantitative estimate of drug-likeness (QED) is 0.740. The minimum atomic E-state index is 0.535. The Morgan fingerprint density at radius 2 is 2.43 bits per heavy atom. The third-order valence-electron chi connectivity index (χ3n) is 1.55. The lowest BCUT2D eigenvalue weighted by atomic mass is 10.4. The molecule has 0 unspecified atom stereocenters. The summed E-state index contributed by atoms with van der Waals surface area (Å²) in [7, 11) is 1.57. The molecule has 0 amide bonds. The molecular formula is C9H13N3OS. The molecule has 0 bridgehead atoms. The second kappa shape index (κ2) is 5.39. The molecule has 76 valence electrons. The van der Waals surface area contributed by atoms with Crippen LogP contribution in [0.2, 0.25) is 0 Å². The van der Waals surface area contributed by atoms with E-state index < -0.39 is 0 Å². The van der Waals surface area contributed by atoms with Gasteiger partial charge in [0.1, 0.15) is 5.69 Å². The maximum Gasteiger partial charge on any atom is 0.237 e. The zero-order chi connectivity index (χ0) is 10.4. The lowest BCUT2D eigenvalue weighted by Crippen LogP contribution is -2.28. The Hall–Kier alpha value is -1.36. The number of aromatic nitrogens is 1. The van der Waals surface area contributed by atoms with Gasteiger partial charge in [0.05, 0.1) is 7.11 Å². The number of anilines is 1. The predicted molar refractivity (Wildman–Crippen MR) is 60.7 cm³/mol. The van der Waals surface area contributed by atoms with Gasteiger partial charge in [0, 0.05) is 12.7 Å². The number of hydrogen-bond acceptors (Lipinski definition) is 3. The first-order valence-corrected chi connectivity index (χ1v) is 4.72. The molecule has 5 heteroatoms. The fourth-order valence-corrected chi connectivity index (χ4v) is 1.23. The number of nitrogens with zero attached hydrogens (tertiary/aromatic N) is 1. The zero-order valence-corrected chi connectivity index (χ0v) is 9.02. The van der Waals surface area contributed by atoms with Crippen LogP contribution in [0.5, 0.6) is 5.88 Å². The molecule has 0 atom stereocenters. The summed E-state index contributed by atoms with van der Waals surface area (Å²) in [6.07, 6.45) is 1.67. The van der Waals surface area contributed by atoms with Gasteiger partial charge in [-0.15, -0.1) is 0 Å². The molecular weight excluding hydrogens is 198 g/mol. The Labute approximate surface area is 88.7 Å². The maximum atomic E-state index is 5.06. The van der Waals surface area contributed by atoms with Crippen LogP contribution >= 0.6 is 12.2 Å². The molecule has 1 heterocycles. The Kier molecular flexibility index (Phi) is 4.12. The first-order valence-electron chi connectivity index (χ1n) is 4.31. The second-order valence-electron chi connectivity index (χ2n) is 2.54. The Morgan fingerprint density at radius 1 is 1.64 bits per heavy atom.